The number of aliphatic imine (C=N–C) groups is 1. The van der Waals surface area contributed by atoms with Crippen LogP contribution in [0.3, 0.4) is 0 Å². The van der Waals surface area contributed by atoms with E-state index in [2.05, 4.69) is 70.7 Å². The highest BCUT2D eigenvalue weighted by Crippen LogP contribution is 2.13. The standard InChI is InChI=1S/C21H34N6/c1-7-27(8-2)15-19-12-10-9-11-18(19)13-23-21(22-5)24-14-20-16(3)25-26(6)17(20)4/h9-12H,7-8,13-15H2,1-6H3,(H2,22,23,24). The van der Waals surface area contributed by atoms with Crippen LogP contribution in [-0.2, 0) is 26.7 Å². The monoisotopic (exact) mass is 370 g/mol. The van der Waals surface area contributed by atoms with Gasteiger partial charge in [0, 0.05) is 45.0 Å². The Morgan fingerprint density at radius 1 is 1.07 bits per heavy atom. The van der Waals surface area contributed by atoms with Gasteiger partial charge >= 0.3 is 0 Å². The predicted molar refractivity (Wildman–Crippen MR) is 113 cm³/mol. The molecule has 0 amide bonds. The fourth-order valence-corrected chi connectivity index (χ4v) is 3.22. The highest BCUT2D eigenvalue weighted by atomic mass is 15.3. The van der Waals surface area contributed by atoms with Crippen molar-refractivity contribution in [2.75, 3.05) is 20.1 Å². The Balaban J connectivity index is 1.98. The molecular formula is C21H34N6. The fourth-order valence-electron chi connectivity index (χ4n) is 3.22. The average molecular weight is 371 g/mol. The van der Waals surface area contributed by atoms with Crippen LogP contribution in [0.1, 0.15) is 41.9 Å². The Labute approximate surface area is 163 Å². The molecule has 0 bridgehead atoms. The number of guanidine groups is 1. The molecule has 0 radical (unpaired) electrons. The van der Waals surface area contributed by atoms with Gasteiger partial charge in [-0.15, -0.1) is 0 Å². The SMILES string of the molecule is CCN(CC)Cc1ccccc1CNC(=NC)NCc1c(C)nn(C)c1C. The Morgan fingerprint density at radius 2 is 1.70 bits per heavy atom. The van der Waals surface area contributed by atoms with E-state index < -0.39 is 0 Å². The zero-order valence-corrected chi connectivity index (χ0v) is 17.6. The molecule has 0 aliphatic carbocycles. The van der Waals surface area contributed by atoms with Gasteiger partial charge in [0.25, 0.3) is 0 Å². The van der Waals surface area contributed by atoms with Crippen LogP contribution in [0, 0.1) is 13.8 Å². The smallest absolute Gasteiger partial charge is 0.191 e. The lowest BCUT2D eigenvalue weighted by Gasteiger charge is -2.20. The van der Waals surface area contributed by atoms with Crippen molar-refractivity contribution in [2.24, 2.45) is 12.0 Å². The minimum atomic E-state index is 0.715. The summed E-state index contributed by atoms with van der Waals surface area (Å²) in [7, 11) is 3.78. The molecule has 0 unspecified atom stereocenters. The molecular weight excluding hydrogens is 336 g/mol. The van der Waals surface area contributed by atoms with Gasteiger partial charge in [0.1, 0.15) is 0 Å². The summed E-state index contributed by atoms with van der Waals surface area (Å²) in [6, 6.07) is 8.62. The number of rotatable bonds is 8. The first kappa shape index (κ1) is 21.0. The highest BCUT2D eigenvalue weighted by molar-refractivity contribution is 5.79. The van der Waals surface area contributed by atoms with Gasteiger partial charge in [-0.3, -0.25) is 14.6 Å². The van der Waals surface area contributed by atoms with Gasteiger partial charge in [-0.1, -0.05) is 38.1 Å². The van der Waals surface area contributed by atoms with E-state index >= 15 is 0 Å². The molecule has 2 N–H and O–H groups in total. The van der Waals surface area contributed by atoms with E-state index in [0.29, 0.717) is 6.54 Å². The van der Waals surface area contributed by atoms with Crippen molar-refractivity contribution in [3.8, 4) is 0 Å². The minimum Gasteiger partial charge on any atom is -0.352 e. The van der Waals surface area contributed by atoms with E-state index in [1.54, 1.807) is 7.05 Å². The molecule has 0 atom stereocenters. The zero-order chi connectivity index (χ0) is 19.8. The van der Waals surface area contributed by atoms with E-state index in [9.17, 15) is 0 Å². The Bertz CT molecular complexity index is 758. The van der Waals surface area contributed by atoms with Gasteiger partial charge in [-0.05, 0) is 38.1 Å². The van der Waals surface area contributed by atoms with Crippen LogP contribution in [0.2, 0.25) is 0 Å². The lowest BCUT2D eigenvalue weighted by atomic mass is 10.1. The first-order valence-electron chi connectivity index (χ1n) is 9.72. The first-order chi connectivity index (χ1) is 13.0. The van der Waals surface area contributed by atoms with Crippen molar-refractivity contribution in [1.29, 1.82) is 0 Å². The molecule has 0 fully saturated rings. The van der Waals surface area contributed by atoms with Gasteiger partial charge in [0.15, 0.2) is 5.96 Å². The number of benzene rings is 1. The van der Waals surface area contributed by atoms with E-state index in [4.69, 9.17) is 0 Å². The van der Waals surface area contributed by atoms with Crippen LogP contribution in [0.25, 0.3) is 0 Å². The number of aryl methyl sites for hydroxylation is 2. The van der Waals surface area contributed by atoms with Crippen LogP contribution in [-0.4, -0.2) is 40.8 Å². The second-order valence-corrected chi connectivity index (χ2v) is 6.78. The van der Waals surface area contributed by atoms with Crippen molar-refractivity contribution in [1.82, 2.24) is 25.3 Å². The van der Waals surface area contributed by atoms with E-state index in [1.165, 1.54) is 22.4 Å². The molecule has 1 heterocycles. The topological polar surface area (TPSA) is 57.5 Å². The lowest BCUT2D eigenvalue weighted by Crippen LogP contribution is -2.37. The molecule has 6 heteroatoms. The lowest BCUT2D eigenvalue weighted by molar-refractivity contribution is 0.295. The third-order valence-electron chi connectivity index (χ3n) is 5.17. The molecule has 1 aromatic heterocycles. The molecule has 2 rings (SSSR count). The Hall–Kier alpha value is -2.34. The van der Waals surface area contributed by atoms with Gasteiger partial charge in [0.05, 0.1) is 5.69 Å². The number of nitrogens with zero attached hydrogens (tertiary/aromatic N) is 4. The normalized spacial score (nSPS) is 11.9. The Kier molecular flexibility index (Phi) is 7.85. The second-order valence-electron chi connectivity index (χ2n) is 6.78. The molecule has 0 saturated heterocycles. The maximum Gasteiger partial charge on any atom is 0.191 e. The molecule has 0 aliphatic rings. The molecule has 1 aromatic carbocycles. The molecule has 0 saturated carbocycles. The van der Waals surface area contributed by atoms with Crippen LogP contribution in [0.5, 0.6) is 0 Å². The molecule has 6 nitrogen and oxygen atoms in total. The largest absolute Gasteiger partial charge is 0.352 e. The summed E-state index contributed by atoms with van der Waals surface area (Å²) in [5, 5.41) is 11.3. The first-order valence-corrected chi connectivity index (χ1v) is 9.72. The Morgan fingerprint density at radius 3 is 2.26 bits per heavy atom. The van der Waals surface area contributed by atoms with Gasteiger partial charge in [0.2, 0.25) is 0 Å². The highest BCUT2D eigenvalue weighted by Gasteiger charge is 2.10. The minimum absolute atomic E-state index is 0.715. The van der Waals surface area contributed by atoms with Gasteiger partial charge < -0.3 is 10.6 Å². The summed E-state index contributed by atoms with van der Waals surface area (Å²) in [5.74, 6) is 0.801. The summed E-state index contributed by atoms with van der Waals surface area (Å²) in [6.07, 6.45) is 0. The maximum absolute atomic E-state index is 4.47. The molecule has 148 valence electrons. The number of hydrogen-bond donors (Lipinski definition) is 2. The summed E-state index contributed by atoms with van der Waals surface area (Å²) in [5.41, 5.74) is 6.13. The molecule has 2 aromatic rings. The van der Waals surface area contributed by atoms with Gasteiger partial charge in [-0.25, -0.2) is 0 Å². The quantitative estimate of drug-likeness (QED) is 0.554. The van der Waals surface area contributed by atoms with Gasteiger partial charge in [-0.2, -0.15) is 5.10 Å². The van der Waals surface area contributed by atoms with Crippen molar-refractivity contribution >= 4 is 5.96 Å². The summed E-state index contributed by atoms with van der Waals surface area (Å²) in [6.45, 7) is 13.1. The summed E-state index contributed by atoms with van der Waals surface area (Å²) in [4.78, 5) is 6.79. The average Bonchev–Trinajstić information content (AvgIpc) is 2.92. The third-order valence-corrected chi connectivity index (χ3v) is 5.17. The van der Waals surface area contributed by atoms with E-state index in [1.807, 2.05) is 18.7 Å². The third kappa shape index (κ3) is 5.57. The van der Waals surface area contributed by atoms with Crippen molar-refractivity contribution in [3.05, 3.63) is 52.3 Å². The fraction of sp³-hybridized carbons (Fsp3) is 0.524. The van der Waals surface area contributed by atoms with Crippen molar-refractivity contribution in [2.45, 2.75) is 47.3 Å². The summed E-state index contributed by atoms with van der Waals surface area (Å²) >= 11 is 0. The second kappa shape index (κ2) is 10.1. The van der Waals surface area contributed by atoms with Crippen LogP contribution >= 0.6 is 0 Å². The van der Waals surface area contributed by atoms with E-state index in [0.717, 1.165) is 37.8 Å². The van der Waals surface area contributed by atoms with Crippen molar-refractivity contribution in [3.63, 3.8) is 0 Å². The van der Waals surface area contributed by atoms with Crippen LogP contribution in [0.4, 0.5) is 0 Å². The van der Waals surface area contributed by atoms with Crippen molar-refractivity contribution < 1.29 is 0 Å². The zero-order valence-electron chi connectivity index (χ0n) is 17.6. The number of hydrogen-bond acceptors (Lipinski definition) is 3. The van der Waals surface area contributed by atoms with Crippen LogP contribution in [0.15, 0.2) is 29.3 Å². The number of aromatic nitrogens is 2. The molecule has 0 aliphatic heterocycles. The molecule has 27 heavy (non-hydrogen) atoms. The maximum atomic E-state index is 4.47. The molecule has 0 spiro atoms. The number of nitrogens with one attached hydrogen (secondary N) is 2. The van der Waals surface area contributed by atoms with E-state index in [-0.39, 0.29) is 0 Å². The summed E-state index contributed by atoms with van der Waals surface area (Å²) < 4.78 is 1.92. The predicted octanol–water partition coefficient (Wildman–Crippen LogP) is 2.74. The van der Waals surface area contributed by atoms with Crippen LogP contribution < -0.4 is 10.6 Å².